The Morgan fingerprint density at radius 3 is 2.94 bits per heavy atom. The Morgan fingerprint density at radius 1 is 1.44 bits per heavy atom. The van der Waals surface area contributed by atoms with Crippen LogP contribution in [0.3, 0.4) is 0 Å². The zero-order valence-corrected chi connectivity index (χ0v) is 11.0. The first-order valence-corrected chi connectivity index (χ1v) is 6.07. The van der Waals surface area contributed by atoms with Crippen molar-refractivity contribution in [3.63, 3.8) is 0 Å². The summed E-state index contributed by atoms with van der Waals surface area (Å²) in [7, 11) is 0. The summed E-state index contributed by atoms with van der Waals surface area (Å²) in [6.45, 7) is 4.63. The van der Waals surface area contributed by atoms with E-state index in [0.717, 1.165) is 5.69 Å². The monoisotopic (exact) mass is 268 g/mol. The van der Waals surface area contributed by atoms with Gasteiger partial charge in [0.05, 0.1) is 5.02 Å². The third-order valence-corrected chi connectivity index (χ3v) is 2.90. The maximum Gasteiger partial charge on any atom is 0.181 e. The molecule has 2 rings (SSSR count). The third-order valence-electron chi connectivity index (χ3n) is 2.52. The number of benzene rings is 1. The largest absolute Gasteiger partial charge is 0.443 e. The Kier molecular flexibility index (Phi) is 3.99. The normalized spacial score (nSPS) is 11.2. The Hall–Kier alpha value is -1.39. The molecule has 0 aliphatic carbocycles. The van der Waals surface area contributed by atoms with Crippen LogP contribution in [-0.2, 0) is 6.54 Å². The maximum atomic E-state index is 13.4. The highest BCUT2D eigenvalue weighted by Gasteiger charge is 2.16. The zero-order valence-electron chi connectivity index (χ0n) is 10.2. The van der Waals surface area contributed by atoms with E-state index in [-0.39, 0.29) is 5.02 Å². The SMILES string of the molecule is CC(C)NCc1ncoc1-c1cccc(F)c1Cl. The molecule has 0 fully saturated rings. The number of halogens is 2. The van der Waals surface area contributed by atoms with E-state index in [1.54, 1.807) is 12.1 Å². The summed E-state index contributed by atoms with van der Waals surface area (Å²) in [5.41, 5.74) is 1.24. The van der Waals surface area contributed by atoms with Crippen LogP contribution in [0.25, 0.3) is 11.3 Å². The zero-order chi connectivity index (χ0) is 13.1. The fourth-order valence-corrected chi connectivity index (χ4v) is 1.81. The molecule has 0 saturated carbocycles. The van der Waals surface area contributed by atoms with Crippen molar-refractivity contribution in [2.45, 2.75) is 26.4 Å². The van der Waals surface area contributed by atoms with E-state index in [4.69, 9.17) is 16.0 Å². The topological polar surface area (TPSA) is 38.1 Å². The van der Waals surface area contributed by atoms with E-state index in [0.29, 0.717) is 23.9 Å². The van der Waals surface area contributed by atoms with Gasteiger partial charge in [0.15, 0.2) is 12.2 Å². The molecule has 0 spiro atoms. The van der Waals surface area contributed by atoms with Gasteiger partial charge in [0.25, 0.3) is 0 Å². The molecule has 96 valence electrons. The Morgan fingerprint density at radius 2 is 2.22 bits per heavy atom. The molecule has 5 heteroatoms. The molecule has 1 aromatic heterocycles. The van der Waals surface area contributed by atoms with Crippen LogP contribution < -0.4 is 5.32 Å². The van der Waals surface area contributed by atoms with Crippen LogP contribution in [0.1, 0.15) is 19.5 Å². The highest BCUT2D eigenvalue weighted by Crippen LogP contribution is 2.31. The molecule has 0 radical (unpaired) electrons. The lowest BCUT2D eigenvalue weighted by atomic mass is 10.1. The second kappa shape index (κ2) is 5.50. The number of nitrogens with zero attached hydrogens (tertiary/aromatic N) is 1. The summed E-state index contributed by atoms with van der Waals surface area (Å²) in [5.74, 6) is 0.0426. The van der Waals surface area contributed by atoms with Crippen molar-refractivity contribution >= 4 is 11.6 Å². The third kappa shape index (κ3) is 2.71. The van der Waals surface area contributed by atoms with Crippen LogP contribution in [-0.4, -0.2) is 11.0 Å². The summed E-state index contributed by atoms with van der Waals surface area (Å²) >= 11 is 5.94. The van der Waals surface area contributed by atoms with E-state index in [9.17, 15) is 4.39 Å². The molecule has 0 saturated heterocycles. The lowest BCUT2D eigenvalue weighted by Crippen LogP contribution is -2.22. The van der Waals surface area contributed by atoms with Gasteiger partial charge in [-0.25, -0.2) is 9.37 Å². The quantitative estimate of drug-likeness (QED) is 0.920. The number of rotatable bonds is 4. The smallest absolute Gasteiger partial charge is 0.181 e. The molecule has 0 aliphatic heterocycles. The van der Waals surface area contributed by atoms with Crippen LogP contribution in [0.15, 0.2) is 29.0 Å². The Labute approximate surface area is 110 Å². The molecule has 0 aliphatic rings. The van der Waals surface area contributed by atoms with Crippen LogP contribution in [0, 0.1) is 5.82 Å². The van der Waals surface area contributed by atoms with Crippen molar-refractivity contribution in [3.8, 4) is 11.3 Å². The van der Waals surface area contributed by atoms with Crippen molar-refractivity contribution in [2.24, 2.45) is 0 Å². The summed E-state index contributed by atoms with van der Waals surface area (Å²) in [5, 5.41) is 3.29. The highest BCUT2D eigenvalue weighted by atomic mass is 35.5. The van der Waals surface area contributed by atoms with E-state index < -0.39 is 5.82 Å². The molecule has 1 heterocycles. The van der Waals surface area contributed by atoms with E-state index in [1.807, 2.05) is 13.8 Å². The van der Waals surface area contributed by atoms with Crippen LogP contribution in [0.5, 0.6) is 0 Å². The molecule has 3 nitrogen and oxygen atoms in total. The fraction of sp³-hybridized carbons (Fsp3) is 0.308. The standard InChI is InChI=1S/C13H14ClFN2O/c1-8(2)16-6-11-13(18-7-17-11)9-4-3-5-10(15)12(9)14/h3-5,7-8,16H,6H2,1-2H3. The van der Waals surface area contributed by atoms with E-state index in [2.05, 4.69) is 10.3 Å². The lowest BCUT2D eigenvalue weighted by Gasteiger charge is -2.08. The molecule has 18 heavy (non-hydrogen) atoms. The van der Waals surface area contributed by atoms with Gasteiger partial charge in [0.1, 0.15) is 11.5 Å². The van der Waals surface area contributed by atoms with Gasteiger partial charge in [0.2, 0.25) is 0 Å². The Balaban J connectivity index is 2.33. The van der Waals surface area contributed by atoms with Crippen molar-refractivity contribution in [1.82, 2.24) is 10.3 Å². The summed E-state index contributed by atoms with van der Waals surface area (Å²) in [4.78, 5) is 4.13. The first-order valence-electron chi connectivity index (χ1n) is 5.69. The fourth-order valence-electron chi connectivity index (χ4n) is 1.59. The molecule has 0 bridgehead atoms. The molecule has 0 unspecified atom stereocenters. The molecule has 1 aromatic carbocycles. The number of hydrogen-bond acceptors (Lipinski definition) is 3. The van der Waals surface area contributed by atoms with Gasteiger partial charge in [-0.2, -0.15) is 0 Å². The molecular formula is C13H14ClFN2O. The maximum absolute atomic E-state index is 13.4. The molecular weight excluding hydrogens is 255 g/mol. The predicted molar refractivity (Wildman–Crippen MR) is 68.9 cm³/mol. The average molecular weight is 269 g/mol. The second-order valence-corrected chi connectivity index (χ2v) is 4.64. The van der Waals surface area contributed by atoms with Crippen LogP contribution in [0.4, 0.5) is 4.39 Å². The van der Waals surface area contributed by atoms with Gasteiger partial charge in [-0.1, -0.05) is 31.5 Å². The van der Waals surface area contributed by atoms with Crippen molar-refractivity contribution in [1.29, 1.82) is 0 Å². The minimum atomic E-state index is -0.465. The average Bonchev–Trinajstić information content (AvgIpc) is 2.78. The van der Waals surface area contributed by atoms with E-state index in [1.165, 1.54) is 12.5 Å². The molecule has 0 atom stereocenters. The number of oxazole rings is 1. The first-order chi connectivity index (χ1) is 8.59. The van der Waals surface area contributed by atoms with Gasteiger partial charge in [0, 0.05) is 18.2 Å². The highest BCUT2D eigenvalue weighted by molar-refractivity contribution is 6.33. The van der Waals surface area contributed by atoms with Crippen LogP contribution in [0.2, 0.25) is 5.02 Å². The number of nitrogens with one attached hydrogen (secondary N) is 1. The summed E-state index contributed by atoms with van der Waals surface area (Å²) in [6, 6.07) is 4.95. The van der Waals surface area contributed by atoms with Gasteiger partial charge >= 0.3 is 0 Å². The number of hydrogen-bond donors (Lipinski definition) is 1. The first kappa shape index (κ1) is 13.1. The van der Waals surface area contributed by atoms with Gasteiger partial charge in [-0.15, -0.1) is 0 Å². The lowest BCUT2D eigenvalue weighted by molar-refractivity contribution is 0.561. The second-order valence-electron chi connectivity index (χ2n) is 4.27. The van der Waals surface area contributed by atoms with Crippen molar-refractivity contribution in [2.75, 3.05) is 0 Å². The predicted octanol–water partition coefficient (Wildman–Crippen LogP) is 3.63. The summed E-state index contributed by atoms with van der Waals surface area (Å²) in [6.07, 6.45) is 1.34. The minimum Gasteiger partial charge on any atom is -0.443 e. The Bertz CT molecular complexity index is 540. The van der Waals surface area contributed by atoms with Crippen LogP contribution >= 0.6 is 11.6 Å². The molecule has 2 aromatic rings. The van der Waals surface area contributed by atoms with Gasteiger partial charge in [-0.05, 0) is 12.1 Å². The molecule has 1 N–H and O–H groups in total. The van der Waals surface area contributed by atoms with Crippen molar-refractivity contribution < 1.29 is 8.81 Å². The van der Waals surface area contributed by atoms with Crippen molar-refractivity contribution in [3.05, 3.63) is 41.1 Å². The van der Waals surface area contributed by atoms with Gasteiger partial charge in [-0.3, -0.25) is 0 Å². The van der Waals surface area contributed by atoms with E-state index >= 15 is 0 Å². The minimum absolute atomic E-state index is 0.0556. The summed E-state index contributed by atoms with van der Waals surface area (Å²) < 4.78 is 18.7. The number of aromatic nitrogens is 1. The van der Waals surface area contributed by atoms with Gasteiger partial charge < -0.3 is 9.73 Å². The molecule has 0 amide bonds.